The Morgan fingerprint density at radius 2 is 1.94 bits per heavy atom. The van der Waals surface area contributed by atoms with Gasteiger partial charge in [0, 0.05) is 31.3 Å². The van der Waals surface area contributed by atoms with Crippen LogP contribution in [-0.4, -0.2) is 71.1 Å². The second kappa shape index (κ2) is 8.78. The number of hydrogen-bond donors (Lipinski definition) is 0. The monoisotopic (exact) mass is 536 g/mol. The number of aromatic nitrogens is 2. The predicted molar refractivity (Wildman–Crippen MR) is 129 cm³/mol. The number of piperazine rings is 1. The van der Waals surface area contributed by atoms with Crippen LogP contribution in [0.1, 0.15) is 45.6 Å². The summed E-state index contributed by atoms with van der Waals surface area (Å²) in [7, 11) is 0. The standard InChI is InChI=1S/C24H30BrFN4O4/c1-13-9-17-20(19(26)18(13)25)27-22(33-16-5-7-32-8-6-16)28-21(17)29-11-15-10-14(29)12-30(15)23(31)34-24(2,3)4/h9,14-16H,5-8,10-12H2,1-4H3. The molecule has 4 heterocycles. The van der Waals surface area contributed by atoms with Crippen molar-refractivity contribution in [2.45, 2.75) is 70.7 Å². The van der Waals surface area contributed by atoms with Crippen molar-refractivity contribution >= 4 is 38.7 Å². The Balaban J connectivity index is 1.47. The fourth-order valence-corrected chi connectivity index (χ4v) is 5.28. The Bertz CT molecular complexity index is 1120. The molecule has 0 saturated carbocycles. The van der Waals surface area contributed by atoms with E-state index in [4.69, 9.17) is 19.2 Å². The highest BCUT2D eigenvalue weighted by Gasteiger charge is 2.47. The molecule has 0 spiro atoms. The van der Waals surface area contributed by atoms with Crippen LogP contribution in [0.3, 0.4) is 0 Å². The number of carbonyl (C=O) groups excluding carboxylic acids is 1. The van der Waals surface area contributed by atoms with Crippen LogP contribution in [-0.2, 0) is 9.47 Å². The van der Waals surface area contributed by atoms with Gasteiger partial charge in [-0.15, -0.1) is 0 Å². The molecule has 1 aromatic carbocycles. The quantitative estimate of drug-likeness (QED) is 0.567. The second-order valence-corrected chi connectivity index (χ2v) is 11.1. The molecule has 2 bridgehead atoms. The first-order valence-corrected chi connectivity index (χ1v) is 12.6. The van der Waals surface area contributed by atoms with Crippen molar-refractivity contribution in [2.75, 3.05) is 31.2 Å². The minimum absolute atomic E-state index is 0.0196. The molecular formula is C24H30BrFN4O4. The van der Waals surface area contributed by atoms with Crippen molar-refractivity contribution in [3.05, 3.63) is 21.9 Å². The Morgan fingerprint density at radius 3 is 2.59 bits per heavy atom. The van der Waals surface area contributed by atoms with E-state index in [1.54, 1.807) is 4.90 Å². The number of fused-ring (bicyclic) bond motifs is 3. The lowest BCUT2D eigenvalue weighted by molar-refractivity contribution is 0.0206. The maximum atomic E-state index is 15.3. The third-order valence-corrected chi connectivity index (χ3v) is 7.57. The molecule has 2 unspecified atom stereocenters. The number of benzene rings is 1. The van der Waals surface area contributed by atoms with Crippen LogP contribution in [0, 0.1) is 12.7 Å². The highest BCUT2D eigenvalue weighted by atomic mass is 79.9. The molecule has 2 atom stereocenters. The Kier molecular flexibility index (Phi) is 6.08. The van der Waals surface area contributed by atoms with Gasteiger partial charge in [0.15, 0.2) is 5.82 Å². The van der Waals surface area contributed by atoms with E-state index in [9.17, 15) is 4.79 Å². The van der Waals surface area contributed by atoms with E-state index >= 15 is 4.39 Å². The van der Waals surface area contributed by atoms with Crippen LogP contribution >= 0.6 is 15.9 Å². The van der Waals surface area contributed by atoms with E-state index in [1.165, 1.54) is 0 Å². The van der Waals surface area contributed by atoms with Gasteiger partial charge in [0.2, 0.25) is 0 Å². The van der Waals surface area contributed by atoms with E-state index in [2.05, 4.69) is 25.8 Å². The lowest BCUT2D eigenvalue weighted by Gasteiger charge is -2.36. The number of ether oxygens (including phenoxy) is 3. The molecule has 3 saturated heterocycles. The summed E-state index contributed by atoms with van der Waals surface area (Å²) in [6, 6.07) is 2.17. The number of amides is 1. The van der Waals surface area contributed by atoms with Crippen molar-refractivity contribution in [1.82, 2.24) is 14.9 Å². The number of nitrogens with zero attached hydrogens (tertiary/aromatic N) is 4. The maximum absolute atomic E-state index is 15.3. The zero-order valence-corrected chi connectivity index (χ0v) is 21.5. The van der Waals surface area contributed by atoms with Crippen molar-refractivity contribution in [1.29, 1.82) is 0 Å². The number of carbonyl (C=O) groups is 1. The Labute approximate surface area is 206 Å². The second-order valence-electron chi connectivity index (χ2n) is 10.3. The Hall–Kier alpha value is -2.20. The number of anilines is 1. The molecule has 8 nitrogen and oxygen atoms in total. The minimum atomic E-state index is -0.541. The lowest BCUT2D eigenvalue weighted by atomic mass is 10.1. The van der Waals surface area contributed by atoms with Gasteiger partial charge in [0.1, 0.15) is 23.0 Å². The zero-order valence-electron chi connectivity index (χ0n) is 19.9. The highest BCUT2D eigenvalue weighted by molar-refractivity contribution is 9.10. The molecule has 184 valence electrons. The molecule has 3 fully saturated rings. The summed E-state index contributed by atoms with van der Waals surface area (Å²) in [5, 5.41) is 0.647. The van der Waals surface area contributed by atoms with Crippen molar-refractivity contribution < 1.29 is 23.4 Å². The fraction of sp³-hybridized carbons (Fsp3) is 0.625. The van der Waals surface area contributed by atoms with Gasteiger partial charge in [-0.1, -0.05) is 0 Å². The van der Waals surface area contributed by atoms with Crippen LogP contribution in [0.5, 0.6) is 6.01 Å². The van der Waals surface area contributed by atoms with Crippen LogP contribution in [0.4, 0.5) is 15.0 Å². The molecule has 1 amide bonds. The third-order valence-electron chi connectivity index (χ3n) is 6.59. The van der Waals surface area contributed by atoms with Crippen LogP contribution in [0.2, 0.25) is 0 Å². The third kappa shape index (κ3) is 4.42. The number of aryl methyl sites for hydroxylation is 1. The average Bonchev–Trinajstić information content (AvgIpc) is 3.38. The average molecular weight is 537 g/mol. The van der Waals surface area contributed by atoms with E-state index in [1.807, 2.05) is 33.8 Å². The molecule has 0 radical (unpaired) electrons. The normalized spacial score (nSPS) is 23.1. The topological polar surface area (TPSA) is 77.0 Å². The van der Waals surface area contributed by atoms with Crippen molar-refractivity contribution in [3.8, 4) is 6.01 Å². The summed E-state index contributed by atoms with van der Waals surface area (Å²) in [4.78, 5) is 25.9. The number of hydrogen-bond acceptors (Lipinski definition) is 7. The zero-order chi connectivity index (χ0) is 24.2. The molecule has 0 N–H and O–H groups in total. The van der Waals surface area contributed by atoms with Gasteiger partial charge in [-0.25, -0.2) is 9.18 Å². The molecule has 1 aromatic heterocycles. The van der Waals surface area contributed by atoms with Gasteiger partial charge in [0.25, 0.3) is 0 Å². The van der Waals surface area contributed by atoms with E-state index in [0.717, 1.165) is 24.8 Å². The molecule has 3 aliphatic rings. The van der Waals surface area contributed by atoms with E-state index < -0.39 is 11.4 Å². The van der Waals surface area contributed by atoms with Gasteiger partial charge in [-0.05, 0) is 61.7 Å². The first-order chi connectivity index (χ1) is 16.1. The van der Waals surface area contributed by atoms with E-state index in [0.29, 0.717) is 42.0 Å². The Morgan fingerprint density at radius 1 is 1.21 bits per heavy atom. The van der Waals surface area contributed by atoms with Gasteiger partial charge in [-0.2, -0.15) is 9.97 Å². The molecule has 3 aliphatic heterocycles. The molecule has 5 rings (SSSR count). The van der Waals surface area contributed by atoms with Gasteiger partial charge in [-0.3, -0.25) is 0 Å². The first kappa shape index (κ1) is 23.5. The fourth-order valence-electron chi connectivity index (χ4n) is 4.98. The molecule has 10 heteroatoms. The predicted octanol–water partition coefficient (Wildman–Crippen LogP) is 4.60. The number of halogens is 2. The summed E-state index contributed by atoms with van der Waals surface area (Å²) in [5.74, 6) is 0.230. The molecule has 0 aliphatic carbocycles. The minimum Gasteiger partial charge on any atom is -0.460 e. The molecular weight excluding hydrogens is 507 g/mol. The summed E-state index contributed by atoms with van der Waals surface area (Å²) < 4.78 is 32.8. The summed E-state index contributed by atoms with van der Waals surface area (Å²) in [6.07, 6.45) is 1.96. The summed E-state index contributed by atoms with van der Waals surface area (Å²) in [6.45, 7) is 9.85. The van der Waals surface area contributed by atoms with Gasteiger partial charge in [0.05, 0.1) is 29.8 Å². The largest absolute Gasteiger partial charge is 0.460 e. The lowest BCUT2D eigenvalue weighted by Crippen LogP contribution is -2.50. The summed E-state index contributed by atoms with van der Waals surface area (Å²) >= 11 is 3.35. The highest BCUT2D eigenvalue weighted by Crippen LogP contribution is 2.40. The molecule has 2 aromatic rings. The van der Waals surface area contributed by atoms with Gasteiger partial charge < -0.3 is 24.0 Å². The number of likely N-dealkylation sites (tertiary alicyclic amines) is 1. The van der Waals surface area contributed by atoms with Crippen molar-refractivity contribution in [2.24, 2.45) is 0 Å². The smallest absolute Gasteiger partial charge is 0.410 e. The van der Waals surface area contributed by atoms with Crippen LogP contribution in [0.25, 0.3) is 10.9 Å². The van der Waals surface area contributed by atoms with Crippen molar-refractivity contribution in [3.63, 3.8) is 0 Å². The SMILES string of the molecule is Cc1cc2c(N3CC4CC3CN4C(=O)OC(C)(C)C)nc(OC3CCOCC3)nc2c(F)c1Br. The summed E-state index contributed by atoms with van der Waals surface area (Å²) in [5.41, 5.74) is 0.462. The van der Waals surface area contributed by atoms with E-state index in [-0.39, 0.29) is 35.8 Å². The van der Waals surface area contributed by atoms with Crippen LogP contribution in [0.15, 0.2) is 10.5 Å². The maximum Gasteiger partial charge on any atom is 0.410 e. The number of rotatable bonds is 3. The van der Waals surface area contributed by atoms with Crippen LogP contribution < -0.4 is 9.64 Å². The molecule has 34 heavy (non-hydrogen) atoms. The van der Waals surface area contributed by atoms with Gasteiger partial charge >= 0.3 is 12.1 Å². The first-order valence-electron chi connectivity index (χ1n) is 11.8.